The lowest BCUT2D eigenvalue weighted by atomic mass is 10.1. The summed E-state index contributed by atoms with van der Waals surface area (Å²) in [5, 5.41) is 13.4. The van der Waals surface area contributed by atoms with Gasteiger partial charge in [-0.2, -0.15) is 0 Å². The summed E-state index contributed by atoms with van der Waals surface area (Å²) in [5.74, 6) is -1.24. The zero-order valence-electron chi connectivity index (χ0n) is 15.0. The van der Waals surface area contributed by atoms with Crippen LogP contribution in [0.15, 0.2) is 48.5 Å². The molecule has 0 atom stereocenters. The number of aryl methyl sites for hydroxylation is 2. The fraction of sp³-hybridized carbons (Fsp3) is 0.238. The Morgan fingerprint density at radius 2 is 1.73 bits per heavy atom. The van der Waals surface area contributed by atoms with Gasteiger partial charge >= 0.3 is 5.97 Å². The van der Waals surface area contributed by atoms with Crippen LogP contribution in [0.25, 0.3) is 10.9 Å². The number of aromatic nitrogens is 1. The third-order valence-corrected chi connectivity index (χ3v) is 4.58. The molecule has 0 aliphatic carbocycles. The molecule has 0 aliphatic rings. The number of nitrogens with zero attached hydrogens (tertiary/aromatic N) is 1. The zero-order chi connectivity index (χ0) is 18.7. The number of benzene rings is 2. The van der Waals surface area contributed by atoms with Crippen molar-refractivity contribution in [1.29, 1.82) is 0 Å². The molecule has 0 aliphatic heterocycles. The molecule has 134 valence electrons. The second-order valence-electron chi connectivity index (χ2n) is 6.17. The number of carbonyl (C=O) groups excluding carboxylic acids is 1. The van der Waals surface area contributed by atoms with Gasteiger partial charge in [0, 0.05) is 28.7 Å². The number of nitrogens with one attached hydrogen (secondary N) is 1. The van der Waals surface area contributed by atoms with Gasteiger partial charge in [0.2, 0.25) is 5.91 Å². The Bertz CT molecular complexity index is 955. The summed E-state index contributed by atoms with van der Waals surface area (Å²) in [7, 11) is 0. The Labute approximate surface area is 152 Å². The van der Waals surface area contributed by atoms with Crippen LogP contribution in [0.1, 0.15) is 35.5 Å². The van der Waals surface area contributed by atoms with Crippen molar-refractivity contribution in [2.75, 3.05) is 5.32 Å². The quantitative estimate of drug-likeness (QED) is 0.703. The molecule has 0 radical (unpaired) electrons. The lowest BCUT2D eigenvalue weighted by Crippen LogP contribution is -2.17. The van der Waals surface area contributed by atoms with E-state index in [9.17, 15) is 14.7 Å². The first-order chi connectivity index (χ1) is 12.5. The molecule has 0 bridgehead atoms. The topological polar surface area (TPSA) is 71.3 Å². The lowest BCUT2D eigenvalue weighted by Gasteiger charge is -2.08. The molecule has 0 saturated heterocycles. The van der Waals surface area contributed by atoms with Gasteiger partial charge in [0.1, 0.15) is 5.69 Å². The monoisotopic (exact) mass is 350 g/mol. The Balaban J connectivity index is 1.93. The van der Waals surface area contributed by atoms with E-state index in [4.69, 9.17) is 0 Å². The molecular weight excluding hydrogens is 328 g/mol. The van der Waals surface area contributed by atoms with E-state index >= 15 is 0 Å². The first-order valence-electron chi connectivity index (χ1n) is 8.77. The highest BCUT2D eigenvalue weighted by Gasteiger charge is 2.23. The van der Waals surface area contributed by atoms with Crippen LogP contribution < -0.4 is 5.32 Å². The third kappa shape index (κ3) is 3.33. The van der Waals surface area contributed by atoms with Gasteiger partial charge in [0.25, 0.3) is 0 Å². The maximum absolute atomic E-state index is 12.5. The minimum Gasteiger partial charge on any atom is -0.477 e. The molecule has 0 saturated carbocycles. The maximum Gasteiger partial charge on any atom is 0.352 e. The average molecular weight is 350 g/mol. The Morgan fingerprint density at radius 3 is 2.35 bits per heavy atom. The molecule has 3 aromatic rings. The van der Waals surface area contributed by atoms with Crippen molar-refractivity contribution >= 4 is 28.5 Å². The van der Waals surface area contributed by atoms with Crippen LogP contribution in [-0.4, -0.2) is 21.6 Å². The Morgan fingerprint density at radius 1 is 1.04 bits per heavy atom. The molecule has 0 unspecified atom stereocenters. The second-order valence-corrected chi connectivity index (χ2v) is 6.17. The molecule has 5 heteroatoms. The average Bonchev–Trinajstić information content (AvgIpc) is 2.96. The number of carbonyl (C=O) groups is 2. The van der Waals surface area contributed by atoms with Crippen molar-refractivity contribution in [1.82, 2.24) is 4.57 Å². The van der Waals surface area contributed by atoms with Crippen molar-refractivity contribution in [2.45, 2.75) is 33.2 Å². The fourth-order valence-corrected chi connectivity index (χ4v) is 3.32. The highest BCUT2D eigenvalue weighted by atomic mass is 16.4. The number of amides is 1. The fourth-order valence-electron chi connectivity index (χ4n) is 3.32. The summed E-state index contributed by atoms with van der Waals surface area (Å²) in [5.41, 5.74) is 3.48. The molecule has 2 aromatic carbocycles. The zero-order valence-corrected chi connectivity index (χ0v) is 15.0. The van der Waals surface area contributed by atoms with Crippen LogP contribution in [0.4, 0.5) is 5.69 Å². The number of carboxylic acid groups (broad SMARTS) is 1. The van der Waals surface area contributed by atoms with Gasteiger partial charge in [-0.3, -0.25) is 4.79 Å². The van der Waals surface area contributed by atoms with Crippen LogP contribution in [-0.2, 0) is 24.2 Å². The first-order valence-corrected chi connectivity index (χ1v) is 8.77. The SMILES string of the molecule is CCc1ccc(NC(=O)Cc2c(C(=O)O)n(CC)c3ccccc23)cc1. The van der Waals surface area contributed by atoms with Gasteiger partial charge in [0.05, 0.1) is 6.42 Å². The van der Waals surface area contributed by atoms with E-state index in [1.807, 2.05) is 55.5 Å². The van der Waals surface area contributed by atoms with Crippen LogP contribution in [0.3, 0.4) is 0 Å². The number of hydrogen-bond acceptors (Lipinski definition) is 2. The summed E-state index contributed by atoms with van der Waals surface area (Å²) in [6, 6.07) is 15.2. The summed E-state index contributed by atoms with van der Waals surface area (Å²) in [6.45, 7) is 4.50. The highest BCUT2D eigenvalue weighted by Crippen LogP contribution is 2.27. The largest absolute Gasteiger partial charge is 0.477 e. The number of hydrogen-bond donors (Lipinski definition) is 2. The van der Waals surface area contributed by atoms with Crippen LogP contribution >= 0.6 is 0 Å². The Kier molecular flexibility index (Phi) is 5.07. The van der Waals surface area contributed by atoms with E-state index in [2.05, 4.69) is 12.2 Å². The second kappa shape index (κ2) is 7.44. The van der Waals surface area contributed by atoms with E-state index in [0.29, 0.717) is 17.8 Å². The highest BCUT2D eigenvalue weighted by molar-refractivity contribution is 6.02. The van der Waals surface area contributed by atoms with Crippen molar-refractivity contribution in [3.63, 3.8) is 0 Å². The molecule has 0 spiro atoms. The van der Waals surface area contributed by atoms with E-state index < -0.39 is 5.97 Å². The normalized spacial score (nSPS) is 10.8. The summed E-state index contributed by atoms with van der Waals surface area (Å²) < 4.78 is 1.75. The predicted molar refractivity (Wildman–Crippen MR) is 103 cm³/mol. The molecule has 0 fully saturated rings. The number of carboxylic acids is 1. The molecular formula is C21H22N2O3. The minimum atomic E-state index is -1.02. The van der Waals surface area contributed by atoms with Gasteiger partial charge in [-0.1, -0.05) is 37.3 Å². The van der Waals surface area contributed by atoms with Crippen molar-refractivity contribution in [3.05, 3.63) is 65.4 Å². The number of anilines is 1. The van der Waals surface area contributed by atoms with Crippen molar-refractivity contribution in [2.24, 2.45) is 0 Å². The van der Waals surface area contributed by atoms with Crippen LogP contribution in [0.5, 0.6) is 0 Å². The van der Waals surface area contributed by atoms with Crippen molar-refractivity contribution in [3.8, 4) is 0 Å². The lowest BCUT2D eigenvalue weighted by molar-refractivity contribution is -0.115. The minimum absolute atomic E-state index is 0.0185. The number of rotatable bonds is 6. The summed E-state index contributed by atoms with van der Waals surface area (Å²) in [6.07, 6.45) is 0.956. The summed E-state index contributed by atoms with van der Waals surface area (Å²) >= 11 is 0. The molecule has 3 rings (SSSR count). The number of fused-ring (bicyclic) bond motifs is 1. The van der Waals surface area contributed by atoms with E-state index in [-0.39, 0.29) is 18.0 Å². The molecule has 5 nitrogen and oxygen atoms in total. The van der Waals surface area contributed by atoms with E-state index in [1.54, 1.807) is 4.57 Å². The standard InChI is InChI=1S/C21H22N2O3/c1-3-14-9-11-15(12-10-14)22-19(24)13-17-16-7-5-6-8-18(16)23(4-2)20(17)21(25)26/h5-12H,3-4,13H2,1-2H3,(H,22,24)(H,25,26). The van der Waals surface area contributed by atoms with E-state index in [0.717, 1.165) is 17.3 Å². The Hall–Kier alpha value is -3.08. The summed E-state index contributed by atoms with van der Waals surface area (Å²) in [4.78, 5) is 24.4. The van der Waals surface area contributed by atoms with Gasteiger partial charge < -0.3 is 15.0 Å². The number of para-hydroxylation sites is 1. The van der Waals surface area contributed by atoms with Crippen LogP contribution in [0.2, 0.25) is 0 Å². The maximum atomic E-state index is 12.5. The molecule has 26 heavy (non-hydrogen) atoms. The molecule has 1 heterocycles. The van der Waals surface area contributed by atoms with Gasteiger partial charge in [0.15, 0.2) is 0 Å². The van der Waals surface area contributed by atoms with Gasteiger partial charge in [-0.25, -0.2) is 4.79 Å². The van der Waals surface area contributed by atoms with Gasteiger partial charge in [-0.15, -0.1) is 0 Å². The van der Waals surface area contributed by atoms with E-state index in [1.165, 1.54) is 5.56 Å². The first kappa shape index (κ1) is 17.7. The van der Waals surface area contributed by atoms with Gasteiger partial charge in [-0.05, 0) is 37.1 Å². The number of aromatic carboxylic acids is 1. The predicted octanol–water partition coefficient (Wildman–Crippen LogP) is 4.10. The molecule has 1 amide bonds. The smallest absolute Gasteiger partial charge is 0.352 e. The molecule has 1 aromatic heterocycles. The van der Waals surface area contributed by atoms with Crippen molar-refractivity contribution < 1.29 is 14.7 Å². The van der Waals surface area contributed by atoms with Crippen LogP contribution in [0, 0.1) is 0 Å². The molecule has 2 N–H and O–H groups in total. The third-order valence-electron chi connectivity index (χ3n) is 4.58.